The SMILES string of the molecule is COc1cc(Br)cc(/C=N/N2CC(=O)NC2=O)c1O. The molecule has 0 aromatic heterocycles. The summed E-state index contributed by atoms with van der Waals surface area (Å²) < 4.78 is 5.67. The molecule has 1 aliphatic heterocycles. The second kappa shape index (κ2) is 5.27. The molecule has 1 aromatic carbocycles. The first-order chi connectivity index (χ1) is 9.01. The number of phenols is 1. The molecule has 8 heteroatoms. The smallest absolute Gasteiger partial charge is 0.344 e. The number of halogens is 1. The van der Waals surface area contributed by atoms with Gasteiger partial charge in [-0.1, -0.05) is 15.9 Å². The molecule has 1 fully saturated rings. The van der Waals surface area contributed by atoms with Crippen LogP contribution in [0, 0.1) is 0 Å². The Labute approximate surface area is 117 Å². The summed E-state index contributed by atoms with van der Waals surface area (Å²) in [4.78, 5) is 22.2. The summed E-state index contributed by atoms with van der Waals surface area (Å²) in [6, 6.07) is 2.61. The van der Waals surface area contributed by atoms with Crippen LogP contribution in [0.4, 0.5) is 4.79 Å². The second-order valence-corrected chi connectivity index (χ2v) is 4.62. The molecule has 0 saturated carbocycles. The minimum atomic E-state index is -0.595. The fraction of sp³-hybridized carbons (Fsp3) is 0.182. The van der Waals surface area contributed by atoms with Crippen LogP contribution in [0.3, 0.4) is 0 Å². The van der Waals surface area contributed by atoms with E-state index in [0.29, 0.717) is 10.0 Å². The number of imide groups is 1. The van der Waals surface area contributed by atoms with Crippen molar-refractivity contribution in [2.45, 2.75) is 0 Å². The number of carbonyl (C=O) groups is 2. The molecule has 1 saturated heterocycles. The molecule has 0 unspecified atom stereocenters. The Morgan fingerprint density at radius 1 is 1.53 bits per heavy atom. The number of benzene rings is 1. The molecule has 19 heavy (non-hydrogen) atoms. The van der Waals surface area contributed by atoms with E-state index in [2.05, 4.69) is 26.3 Å². The maximum atomic E-state index is 11.3. The highest BCUT2D eigenvalue weighted by atomic mass is 79.9. The number of methoxy groups -OCH3 is 1. The number of phenolic OH excluding ortho intramolecular Hbond substituents is 1. The van der Waals surface area contributed by atoms with Crippen LogP contribution in [0.15, 0.2) is 21.7 Å². The first-order valence-corrected chi connectivity index (χ1v) is 6.02. The Balaban J connectivity index is 2.26. The average molecular weight is 328 g/mol. The first-order valence-electron chi connectivity index (χ1n) is 5.23. The molecule has 0 bridgehead atoms. The van der Waals surface area contributed by atoms with Gasteiger partial charge in [0.15, 0.2) is 11.5 Å². The number of rotatable bonds is 3. The van der Waals surface area contributed by atoms with Crippen LogP contribution in [-0.4, -0.2) is 41.9 Å². The monoisotopic (exact) mass is 327 g/mol. The van der Waals surface area contributed by atoms with Gasteiger partial charge in [0.2, 0.25) is 5.91 Å². The molecule has 3 amide bonds. The zero-order valence-electron chi connectivity index (χ0n) is 9.88. The molecular formula is C11H10BrN3O4. The lowest BCUT2D eigenvalue weighted by molar-refractivity contribution is -0.118. The molecule has 2 N–H and O–H groups in total. The second-order valence-electron chi connectivity index (χ2n) is 3.70. The van der Waals surface area contributed by atoms with Gasteiger partial charge in [-0.15, -0.1) is 0 Å². The summed E-state index contributed by atoms with van der Waals surface area (Å²) in [6.45, 7) is -0.138. The Bertz CT molecular complexity index is 573. The van der Waals surface area contributed by atoms with Gasteiger partial charge in [-0.3, -0.25) is 10.1 Å². The number of aromatic hydroxyl groups is 1. The zero-order valence-corrected chi connectivity index (χ0v) is 11.5. The molecular weight excluding hydrogens is 318 g/mol. The largest absolute Gasteiger partial charge is 0.504 e. The molecule has 100 valence electrons. The summed E-state index contributed by atoms with van der Waals surface area (Å²) in [5, 5.41) is 16.8. The number of nitrogens with zero attached hydrogens (tertiary/aromatic N) is 2. The topological polar surface area (TPSA) is 91.2 Å². The highest BCUT2D eigenvalue weighted by Gasteiger charge is 2.26. The van der Waals surface area contributed by atoms with Gasteiger partial charge in [-0.05, 0) is 12.1 Å². The van der Waals surface area contributed by atoms with Gasteiger partial charge in [-0.2, -0.15) is 5.10 Å². The van der Waals surface area contributed by atoms with Crippen LogP contribution in [-0.2, 0) is 4.79 Å². The number of hydrazone groups is 1. The maximum absolute atomic E-state index is 11.3. The minimum Gasteiger partial charge on any atom is -0.504 e. The van der Waals surface area contributed by atoms with Crippen molar-refractivity contribution < 1.29 is 19.4 Å². The predicted octanol–water partition coefficient (Wildman–Crippen LogP) is 1.05. The highest BCUT2D eigenvalue weighted by molar-refractivity contribution is 9.10. The van der Waals surface area contributed by atoms with Gasteiger partial charge in [0.1, 0.15) is 6.54 Å². The average Bonchev–Trinajstić information content (AvgIpc) is 2.68. The summed E-state index contributed by atoms with van der Waals surface area (Å²) in [7, 11) is 1.43. The van der Waals surface area contributed by atoms with Crippen LogP contribution < -0.4 is 10.1 Å². The van der Waals surface area contributed by atoms with E-state index in [4.69, 9.17) is 4.74 Å². The fourth-order valence-corrected chi connectivity index (χ4v) is 1.96. The Hall–Kier alpha value is -2.09. The molecule has 1 heterocycles. The Kier molecular flexibility index (Phi) is 3.70. The van der Waals surface area contributed by atoms with Crippen molar-refractivity contribution in [1.29, 1.82) is 0 Å². The van der Waals surface area contributed by atoms with Crippen LogP contribution in [0.2, 0.25) is 0 Å². The summed E-state index contributed by atoms with van der Waals surface area (Å²) in [5.41, 5.74) is 0.360. The van der Waals surface area contributed by atoms with E-state index in [1.807, 2.05) is 0 Å². The van der Waals surface area contributed by atoms with E-state index in [1.165, 1.54) is 13.3 Å². The molecule has 0 radical (unpaired) electrons. The molecule has 0 atom stereocenters. The number of ether oxygens (including phenoxy) is 1. The third-order valence-electron chi connectivity index (χ3n) is 2.40. The van der Waals surface area contributed by atoms with Crippen molar-refractivity contribution in [2.24, 2.45) is 5.10 Å². The maximum Gasteiger partial charge on any atom is 0.344 e. The number of nitrogens with one attached hydrogen (secondary N) is 1. The molecule has 0 aliphatic carbocycles. The van der Waals surface area contributed by atoms with Gasteiger partial charge in [0.25, 0.3) is 0 Å². The van der Waals surface area contributed by atoms with Crippen molar-refractivity contribution in [2.75, 3.05) is 13.7 Å². The molecule has 0 spiro atoms. The van der Waals surface area contributed by atoms with E-state index in [9.17, 15) is 14.7 Å². The van der Waals surface area contributed by atoms with Gasteiger partial charge in [0.05, 0.1) is 13.3 Å². The molecule has 7 nitrogen and oxygen atoms in total. The van der Waals surface area contributed by atoms with Crippen molar-refractivity contribution in [3.05, 3.63) is 22.2 Å². The fourth-order valence-electron chi connectivity index (χ4n) is 1.50. The number of hydrogen-bond acceptors (Lipinski definition) is 5. The Morgan fingerprint density at radius 2 is 2.26 bits per heavy atom. The van der Waals surface area contributed by atoms with Crippen molar-refractivity contribution >= 4 is 34.1 Å². The van der Waals surface area contributed by atoms with E-state index in [0.717, 1.165) is 5.01 Å². The van der Waals surface area contributed by atoms with Gasteiger partial charge < -0.3 is 9.84 Å². The van der Waals surface area contributed by atoms with E-state index >= 15 is 0 Å². The summed E-state index contributed by atoms with van der Waals surface area (Å²) in [5.74, 6) is -0.239. The quantitative estimate of drug-likeness (QED) is 0.641. The molecule has 1 aromatic rings. The standard InChI is InChI=1S/C11H10BrN3O4/c1-19-8-3-7(12)2-6(10(8)17)4-13-15-5-9(16)14-11(15)18/h2-4,17H,5H2,1H3,(H,14,16,18)/b13-4+. The van der Waals surface area contributed by atoms with Crippen molar-refractivity contribution in [3.63, 3.8) is 0 Å². The van der Waals surface area contributed by atoms with E-state index < -0.39 is 11.9 Å². The Morgan fingerprint density at radius 3 is 2.84 bits per heavy atom. The molecule has 1 aliphatic rings. The summed E-state index contributed by atoms with van der Waals surface area (Å²) in [6.07, 6.45) is 1.28. The van der Waals surface area contributed by atoms with Crippen molar-refractivity contribution in [3.8, 4) is 11.5 Å². The lowest BCUT2D eigenvalue weighted by Gasteiger charge is -2.08. The van der Waals surface area contributed by atoms with Crippen LogP contribution >= 0.6 is 15.9 Å². The first kappa shape index (κ1) is 13.3. The third kappa shape index (κ3) is 2.84. The van der Waals surface area contributed by atoms with Crippen LogP contribution in [0.5, 0.6) is 11.5 Å². The lowest BCUT2D eigenvalue weighted by atomic mass is 10.2. The van der Waals surface area contributed by atoms with Gasteiger partial charge in [-0.25, -0.2) is 9.80 Å². The number of hydrogen-bond donors (Lipinski definition) is 2. The number of carbonyl (C=O) groups excluding carboxylic acids is 2. The van der Waals surface area contributed by atoms with Crippen molar-refractivity contribution in [1.82, 2.24) is 10.3 Å². The summed E-state index contributed by atoms with van der Waals surface area (Å²) >= 11 is 3.26. The van der Waals surface area contributed by atoms with Crippen LogP contribution in [0.1, 0.15) is 5.56 Å². The van der Waals surface area contributed by atoms with Gasteiger partial charge >= 0.3 is 6.03 Å². The molecule has 2 rings (SSSR count). The lowest BCUT2D eigenvalue weighted by Crippen LogP contribution is -2.24. The third-order valence-corrected chi connectivity index (χ3v) is 2.86. The van der Waals surface area contributed by atoms with E-state index in [-0.39, 0.29) is 18.0 Å². The van der Waals surface area contributed by atoms with Crippen LogP contribution in [0.25, 0.3) is 0 Å². The number of amides is 3. The minimum absolute atomic E-state index is 0.0969. The highest BCUT2D eigenvalue weighted by Crippen LogP contribution is 2.32. The van der Waals surface area contributed by atoms with E-state index in [1.54, 1.807) is 12.1 Å². The number of urea groups is 1. The zero-order chi connectivity index (χ0) is 14.0. The predicted molar refractivity (Wildman–Crippen MR) is 70.2 cm³/mol. The normalized spacial score (nSPS) is 15.2. The van der Waals surface area contributed by atoms with Gasteiger partial charge in [0, 0.05) is 10.0 Å².